The molecule has 1 fully saturated rings. The lowest BCUT2D eigenvalue weighted by Crippen LogP contribution is -2.31. The van der Waals surface area contributed by atoms with E-state index in [-0.39, 0.29) is 5.41 Å². The third-order valence-electron chi connectivity index (χ3n) is 4.62. The maximum atomic E-state index is 11.1. The van der Waals surface area contributed by atoms with Crippen LogP contribution in [0.3, 0.4) is 0 Å². The fourth-order valence-electron chi connectivity index (χ4n) is 3.52. The van der Waals surface area contributed by atoms with Crippen LogP contribution in [0.4, 0.5) is 0 Å². The van der Waals surface area contributed by atoms with Crippen LogP contribution in [0.5, 0.6) is 0 Å². The molecule has 0 aromatic heterocycles. The first-order chi connectivity index (χ1) is 10.1. The molecule has 110 valence electrons. The molecule has 1 N–H and O–H groups in total. The smallest absolute Gasteiger partial charge is 0.0901 e. The summed E-state index contributed by atoms with van der Waals surface area (Å²) < 4.78 is 0. The topological polar surface area (TPSA) is 20.2 Å². The third kappa shape index (κ3) is 2.70. The molecule has 0 heterocycles. The second-order valence-electron chi connectivity index (χ2n) is 5.80. The number of hydrogen-bond donors (Lipinski definition) is 1. The third-order valence-corrected chi connectivity index (χ3v) is 5.20. The average molecular weight is 321 g/mol. The van der Waals surface area contributed by atoms with Crippen molar-refractivity contribution in [2.75, 3.05) is 0 Å². The minimum Gasteiger partial charge on any atom is -0.387 e. The van der Waals surface area contributed by atoms with Crippen LogP contribution in [0.2, 0.25) is 10.0 Å². The summed E-state index contributed by atoms with van der Waals surface area (Å²) in [6.45, 7) is 0. The highest BCUT2D eigenvalue weighted by Gasteiger charge is 2.43. The zero-order valence-electron chi connectivity index (χ0n) is 11.7. The Morgan fingerprint density at radius 3 is 2.29 bits per heavy atom. The molecule has 0 spiro atoms. The van der Waals surface area contributed by atoms with Gasteiger partial charge in [0.1, 0.15) is 0 Å². The van der Waals surface area contributed by atoms with Crippen LogP contribution in [-0.2, 0) is 5.41 Å². The average Bonchev–Trinajstić information content (AvgIpc) is 3.01. The van der Waals surface area contributed by atoms with Crippen LogP contribution in [-0.4, -0.2) is 5.11 Å². The maximum absolute atomic E-state index is 11.1. The summed E-state index contributed by atoms with van der Waals surface area (Å²) in [7, 11) is 0. The summed E-state index contributed by atoms with van der Waals surface area (Å²) in [6.07, 6.45) is 3.57. The molecular weight excluding hydrogens is 303 g/mol. The molecule has 1 atom stereocenters. The van der Waals surface area contributed by atoms with Crippen LogP contribution < -0.4 is 0 Å². The van der Waals surface area contributed by atoms with Gasteiger partial charge in [-0.3, -0.25) is 0 Å². The molecule has 3 heteroatoms. The summed E-state index contributed by atoms with van der Waals surface area (Å²) >= 11 is 12.4. The van der Waals surface area contributed by atoms with Gasteiger partial charge in [-0.2, -0.15) is 0 Å². The Labute approximate surface area is 135 Å². The van der Waals surface area contributed by atoms with Crippen molar-refractivity contribution in [3.05, 3.63) is 69.7 Å². The van der Waals surface area contributed by atoms with Crippen molar-refractivity contribution in [1.29, 1.82) is 0 Å². The first kappa shape index (κ1) is 14.9. The minimum absolute atomic E-state index is 0.254. The first-order valence-electron chi connectivity index (χ1n) is 7.32. The standard InChI is InChI=1S/C18H18Cl2O/c19-14-8-9-16(20)15(12-14)17(21)18(10-4-5-11-18)13-6-2-1-3-7-13/h1-3,6-9,12,17,21H,4-5,10-11H2. The highest BCUT2D eigenvalue weighted by atomic mass is 35.5. The Morgan fingerprint density at radius 2 is 1.62 bits per heavy atom. The van der Waals surface area contributed by atoms with Crippen molar-refractivity contribution in [1.82, 2.24) is 0 Å². The number of aliphatic hydroxyl groups excluding tert-OH is 1. The normalized spacial score (nSPS) is 18.6. The Kier molecular flexibility index (Phi) is 4.26. The van der Waals surface area contributed by atoms with E-state index >= 15 is 0 Å². The van der Waals surface area contributed by atoms with E-state index in [9.17, 15) is 5.11 Å². The summed E-state index contributed by atoms with van der Waals surface area (Å²) in [6, 6.07) is 15.6. The largest absolute Gasteiger partial charge is 0.387 e. The monoisotopic (exact) mass is 320 g/mol. The van der Waals surface area contributed by atoms with Gasteiger partial charge in [-0.05, 0) is 36.6 Å². The van der Waals surface area contributed by atoms with Crippen molar-refractivity contribution in [3.63, 3.8) is 0 Å². The van der Waals surface area contributed by atoms with Crippen molar-refractivity contribution in [3.8, 4) is 0 Å². The second-order valence-corrected chi connectivity index (χ2v) is 6.64. The van der Waals surface area contributed by atoms with Crippen molar-refractivity contribution < 1.29 is 5.11 Å². The van der Waals surface area contributed by atoms with Gasteiger partial charge >= 0.3 is 0 Å². The Bertz CT molecular complexity index is 618. The highest BCUT2D eigenvalue weighted by Crippen LogP contribution is 2.50. The molecule has 0 bridgehead atoms. The van der Waals surface area contributed by atoms with E-state index in [4.69, 9.17) is 23.2 Å². The lowest BCUT2D eigenvalue weighted by Gasteiger charge is -2.35. The van der Waals surface area contributed by atoms with E-state index in [1.54, 1.807) is 18.2 Å². The zero-order valence-corrected chi connectivity index (χ0v) is 13.2. The number of rotatable bonds is 3. The van der Waals surface area contributed by atoms with Gasteiger partial charge in [0, 0.05) is 21.0 Å². The molecule has 3 rings (SSSR count). The van der Waals surface area contributed by atoms with Gasteiger partial charge in [0.05, 0.1) is 6.10 Å². The molecule has 1 aliphatic carbocycles. The van der Waals surface area contributed by atoms with Gasteiger partial charge in [0.2, 0.25) is 0 Å². The molecule has 1 unspecified atom stereocenters. The predicted molar refractivity (Wildman–Crippen MR) is 88.0 cm³/mol. The van der Waals surface area contributed by atoms with Gasteiger partial charge in [-0.15, -0.1) is 0 Å². The fraction of sp³-hybridized carbons (Fsp3) is 0.333. The number of halogens is 2. The highest BCUT2D eigenvalue weighted by molar-refractivity contribution is 6.33. The lowest BCUT2D eigenvalue weighted by atomic mass is 9.72. The van der Waals surface area contributed by atoms with E-state index in [2.05, 4.69) is 12.1 Å². The summed E-state index contributed by atoms with van der Waals surface area (Å²) in [5.41, 5.74) is 1.66. The van der Waals surface area contributed by atoms with E-state index in [1.807, 2.05) is 18.2 Å². The van der Waals surface area contributed by atoms with Crippen LogP contribution in [0.15, 0.2) is 48.5 Å². The Hall–Kier alpha value is -1.02. The molecule has 1 saturated carbocycles. The molecule has 21 heavy (non-hydrogen) atoms. The van der Waals surface area contributed by atoms with Crippen LogP contribution >= 0.6 is 23.2 Å². The van der Waals surface area contributed by atoms with E-state index < -0.39 is 6.10 Å². The fourth-order valence-corrected chi connectivity index (χ4v) is 3.92. The summed E-state index contributed by atoms with van der Waals surface area (Å²) in [5, 5.41) is 12.3. The maximum Gasteiger partial charge on any atom is 0.0901 e. The summed E-state index contributed by atoms with van der Waals surface area (Å²) in [4.78, 5) is 0. The van der Waals surface area contributed by atoms with Crippen molar-refractivity contribution >= 4 is 23.2 Å². The number of hydrogen-bond acceptors (Lipinski definition) is 1. The SMILES string of the molecule is OC(c1cc(Cl)ccc1Cl)C1(c2ccccc2)CCCC1. The van der Waals surface area contributed by atoms with Gasteiger partial charge in [0.15, 0.2) is 0 Å². The zero-order chi connectivity index (χ0) is 14.9. The molecule has 1 aliphatic rings. The minimum atomic E-state index is -0.631. The van der Waals surface area contributed by atoms with Gasteiger partial charge < -0.3 is 5.11 Å². The van der Waals surface area contributed by atoms with Crippen LogP contribution in [0, 0.1) is 0 Å². The molecule has 0 saturated heterocycles. The molecule has 0 radical (unpaired) electrons. The second kappa shape index (κ2) is 6.00. The molecule has 0 amide bonds. The van der Waals surface area contributed by atoms with E-state index in [1.165, 1.54) is 5.56 Å². The van der Waals surface area contributed by atoms with Gasteiger partial charge in [-0.25, -0.2) is 0 Å². The Morgan fingerprint density at radius 1 is 0.952 bits per heavy atom. The van der Waals surface area contributed by atoms with Gasteiger partial charge in [-0.1, -0.05) is 66.4 Å². The van der Waals surface area contributed by atoms with Crippen LogP contribution in [0.25, 0.3) is 0 Å². The lowest BCUT2D eigenvalue weighted by molar-refractivity contribution is 0.0823. The molecule has 1 nitrogen and oxygen atoms in total. The molecule has 2 aromatic rings. The van der Waals surface area contributed by atoms with Crippen molar-refractivity contribution in [2.45, 2.75) is 37.2 Å². The summed E-state index contributed by atoms with van der Waals surface area (Å²) in [5.74, 6) is 0. The van der Waals surface area contributed by atoms with Crippen LogP contribution in [0.1, 0.15) is 42.9 Å². The number of aliphatic hydroxyl groups is 1. The van der Waals surface area contributed by atoms with Gasteiger partial charge in [0.25, 0.3) is 0 Å². The van der Waals surface area contributed by atoms with E-state index in [0.717, 1.165) is 31.2 Å². The quantitative estimate of drug-likeness (QED) is 0.787. The molecular formula is C18H18Cl2O. The predicted octanol–water partition coefficient (Wildman–Crippen LogP) is 5.54. The number of benzene rings is 2. The van der Waals surface area contributed by atoms with E-state index in [0.29, 0.717) is 10.0 Å². The molecule has 2 aromatic carbocycles. The molecule has 0 aliphatic heterocycles. The Balaban J connectivity index is 2.07. The van der Waals surface area contributed by atoms with Crippen molar-refractivity contribution in [2.24, 2.45) is 0 Å². The first-order valence-corrected chi connectivity index (χ1v) is 8.08.